The van der Waals surface area contributed by atoms with Gasteiger partial charge in [-0.2, -0.15) is 0 Å². The summed E-state index contributed by atoms with van der Waals surface area (Å²) in [5, 5.41) is 7.83. The second-order valence-corrected chi connectivity index (χ2v) is 7.45. The molecule has 0 bridgehead atoms. The van der Waals surface area contributed by atoms with Gasteiger partial charge in [0.1, 0.15) is 11.3 Å². The van der Waals surface area contributed by atoms with Crippen molar-refractivity contribution in [3.8, 4) is 5.75 Å². The Morgan fingerprint density at radius 1 is 1.15 bits per heavy atom. The lowest BCUT2D eigenvalue weighted by molar-refractivity contribution is -0.123. The van der Waals surface area contributed by atoms with Crippen LogP contribution in [-0.4, -0.2) is 33.5 Å². The average Bonchev–Trinajstić information content (AvgIpc) is 2.61. The van der Waals surface area contributed by atoms with E-state index in [1.54, 1.807) is 6.07 Å². The highest BCUT2D eigenvalue weighted by molar-refractivity contribution is 7.89. The first-order valence-electron chi connectivity index (χ1n) is 7.60. The lowest BCUT2D eigenvalue weighted by Gasteiger charge is -2.15. The van der Waals surface area contributed by atoms with Gasteiger partial charge in [0, 0.05) is 10.7 Å². The maximum Gasteiger partial charge on any atom is 0.342 e. The summed E-state index contributed by atoms with van der Waals surface area (Å²) in [5.41, 5.74) is 0.401. The molecule has 0 fully saturated rings. The Hall–Kier alpha value is -2.62. The van der Waals surface area contributed by atoms with Crippen LogP contribution in [0.2, 0.25) is 5.02 Å². The summed E-state index contributed by atoms with van der Waals surface area (Å²) in [6, 6.07) is 9.67. The standard InChI is InChI=1S/C17H17ClN2O6S/c1-10(26-17(22)14-9-11(18)3-8-15(14)25-2)16(21)20-12-4-6-13(7-5-12)27(19,23)24/h3-10H,1-2H3,(H,20,21)(H2,19,23,24)/t10-/m1/s1. The lowest BCUT2D eigenvalue weighted by Crippen LogP contribution is -2.30. The third-order valence-electron chi connectivity index (χ3n) is 3.48. The predicted octanol–water partition coefficient (Wildman–Crippen LogP) is 2.18. The molecule has 0 aliphatic heterocycles. The van der Waals surface area contributed by atoms with Gasteiger partial charge in [-0.25, -0.2) is 18.4 Å². The van der Waals surface area contributed by atoms with E-state index in [0.717, 1.165) is 0 Å². The Labute approximate surface area is 161 Å². The van der Waals surface area contributed by atoms with Crippen molar-refractivity contribution in [2.45, 2.75) is 17.9 Å². The van der Waals surface area contributed by atoms with Gasteiger partial charge in [-0.15, -0.1) is 0 Å². The van der Waals surface area contributed by atoms with Gasteiger partial charge in [-0.3, -0.25) is 4.79 Å². The molecular weight excluding hydrogens is 396 g/mol. The van der Waals surface area contributed by atoms with Gasteiger partial charge in [-0.05, 0) is 49.4 Å². The molecule has 0 saturated carbocycles. The molecular formula is C17H17ClN2O6S. The maximum absolute atomic E-state index is 12.3. The molecule has 0 heterocycles. The number of ether oxygens (including phenoxy) is 2. The molecule has 2 aromatic carbocycles. The topological polar surface area (TPSA) is 125 Å². The summed E-state index contributed by atoms with van der Waals surface area (Å²) < 4.78 is 32.7. The summed E-state index contributed by atoms with van der Waals surface area (Å²) >= 11 is 5.87. The largest absolute Gasteiger partial charge is 0.496 e. The molecule has 2 aromatic rings. The smallest absolute Gasteiger partial charge is 0.342 e. The Balaban J connectivity index is 2.05. The van der Waals surface area contributed by atoms with Gasteiger partial charge in [0.15, 0.2) is 6.10 Å². The van der Waals surface area contributed by atoms with Crippen molar-refractivity contribution in [3.63, 3.8) is 0 Å². The molecule has 10 heteroatoms. The molecule has 27 heavy (non-hydrogen) atoms. The Kier molecular flexibility index (Phi) is 6.42. The van der Waals surface area contributed by atoms with E-state index in [2.05, 4.69) is 5.32 Å². The number of hydrogen-bond acceptors (Lipinski definition) is 6. The number of anilines is 1. The fourth-order valence-electron chi connectivity index (χ4n) is 2.09. The zero-order valence-corrected chi connectivity index (χ0v) is 16.0. The van der Waals surface area contributed by atoms with Crippen LogP contribution < -0.4 is 15.2 Å². The normalized spacial score (nSPS) is 12.1. The minimum Gasteiger partial charge on any atom is -0.496 e. The van der Waals surface area contributed by atoms with Crippen molar-refractivity contribution in [3.05, 3.63) is 53.1 Å². The maximum atomic E-state index is 12.3. The third kappa shape index (κ3) is 5.43. The van der Waals surface area contributed by atoms with Crippen molar-refractivity contribution in [1.29, 1.82) is 0 Å². The molecule has 1 atom stereocenters. The number of nitrogens with two attached hydrogens (primary N) is 1. The number of halogens is 1. The number of rotatable bonds is 6. The van der Waals surface area contributed by atoms with Crippen molar-refractivity contribution < 1.29 is 27.5 Å². The van der Waals surface area contributed by atoms with Crippen molar-refractivity contribution in [2.75, 3.05) is 12.4 Å². The first-order valence-corrected chi connectivity index (χ1v) is 9.52. The number of benzene rings is 2. The number of nitrogens with one attached hydrogen (secondary N) is 1. The minimum absolute atomic E-state index is 0.0853. The number of amides is 1. The van der Waals surface area contributed by atoms with Crippen LogP contribution in [0.5, 0.6) is 5.75 Å². The fraction of sp³-hybridized carbons (Fsp3) is 0.176. The van der Waals surface area contributed by atoms with Gasteiger partial charge in [0.05, 0.1) is 12.0 Å². The molecule has 0 spiro atoms. The number of sulfonamides is 1. The second kappa shape index (κ2) is 8.38. The molecule has 0 radical (unpaired) electrons. The van der Waals surface area contributed by atoms with Gasteiger partial charge < -0.3 is 14.8 Å². The summed E-state index contributed by atoms with van der Waals surface area (Å²) in [7, 11) is -2.44. The Morgan fingerprint density at radius 2 is 1.78 bits per heavy atom. The molecule has 2 rings (SSSR count). The van der Waals surface area contributed by atoms with E-state index in [9.17, 15) is 18.0 Å². The van der Waals surface area contributed by atoms with Crippen molar-refractivity contribution in [1.82, 2.24) is 0 Å². The van der Waals surface area contributed by atoms with E-state index in [0.29, 0.717) is 10.7 Å². The van der Waals surface area contributed by atoms with E-state index in [-0.39, 0.29) is 16.2 Å². The first-order chi connectivity index (χ1) is 12.6. The molecule has 1 amide bonds. The van der Waals surface area contributed by atoms with E-state index < -0.39 is 28.0 Å². The number of hydrogen-bond donors (Lipinski definition) is 2. The molecule has 0 aliphatic carbocycles. The van der Waals surface area contributed by atoms with Crippen LogP contribution in [0, 0.1) is 0 Å². The zero-order chi connectivity index (χ0) is 20.2. The molecule has 0 aliphatic rings. The van der Waals surface area contributed by atoms with Gasteiger partial charge in [0.25, 0.3) is 5.91 Å². The summed E-state index contributed by atoms with van der Waals surface area (Å²) in [6.07, 6.45) is -1.13. The van der Waals surface area contributed by atoms with Gasteiger partial charge >= 0.3 is 5.97 Å². The summed E-state index contributed by atoms with van der Waals surface area (Å²) in [6.45, 7) is 1.39. The van der Waals surface area contributed by atoms with Crippen LogP contribution in [-0.2, 0) is 19.6 Å². The first kappa shape index (κ1) is 20.7. The molecule has 0 aromatic heterocycles. The number of carbonyl (C=O) groups excluding carboxylic acids is 2. The Bertz CT molecular complexity index is 960. The number of esters is 1. The van der Waals surface area contributed by atoms with E-state index >= 15 is 0 Å². The van der Waals surface area contributed by atoms with E-state index in [1.807, 2.05) is 0 Å². The average molecular weight is 413 g/mol. The van der Waals surface area contributed by atoms with E-state index in [4.69, 9.17) is 26.2 Å². The number of carbonyl (C=O) groups is 2. The van der Waals surface area contributed by atoms with Crippen LogP contribution in [0.15, 0.2) is 47.4 Å². The van der Waals surface area contributed by atoms with Crippen LogP contribution in [0.25, 0.3) is 0 Å². The molecule has 3 N–H and O–H groups in total. The number of primary sulfonamides is 1. The lowest BCUT2D eigenvalue weighted by atomic mass is 10.2. The highest BCUT2D eigenvalue weighted by Gasteiger charge is 2.22. The highest BCUT2D eigenvalue weighted by Crippen LogP contribution is 2.24. The monoisotopic (exact) mass is 412 g/mol. The highest BCUT2D eigenvalue weighted by atomic mass is 35.5. The number of methoxy groups -OCH3 is 1. The minimum atomic E-state index is -3.83. The van der Waals surface area contributed by atoms with E-state index in [1.165, 1.54) is 50.4 Å². The summed E-state index contributed by atoms with van der Waals surface area (Å²) in [5.74, 6) is -1.12. The van der Waals surface area contributed by atoms with Crippen molar-refractivity contribution >= 4 is 39.2 Å². The molecule has 8 nitrogen and oxygen atoms in total. The van der Waals surface area contributed by atoms with Gasteiger partial charge in [-0.1, -0.05) is 11.6 Å². The Morgan fingerprint density at radius 3 is 2.33 bits per heavy atom. The molecule has 0 saturated heterocycles. The third-order valence-corrected chi connectivity index (χ3v) is 4.65. The van der Waals surface area contributed by atoms with Crippen LogP contribution in [0.3, 0.4) is 0 Å². The molecule has 144 valence electrons. The summed E-state index contributed by atoms with van der Waals surface area (Å²) in [4.78, 5) is 24.4. The SMILES string of the molecule is COc1ccc(Cl)cc1C(=O)O[C@H](C)C(=O)Nc1ccc(S(N)(=O)=O)cc1. The van der Waals surface area contributed by atoms with Crippen LogP contribution in [0.1, 0.15) is 17.3 Å². The van der Waals surface area contributed by atoms with Crippen LogP contribution in [0.4, 0.5) is 5.69 Å². The zero-order valence-electron chi connectivity index (χ0n) is 14.4. The van der Waals surface area contributed by atoms with Crippen molar-refractivity contribution in [2.24, 2.45) is 5.14 Å². The molecule has 0 unspecified atom stereocenters. The predicted molar refractivity (Wildman–Crippen MR) is 99.3 cm³/mol. The quantitative estimate of drug-likeness (QED) is 0.700. The second-order valence-electron chi connectivity index (χ2n) is 5.45. The fourth-order valence-corrected chi connectivity index (χ4v) is 2.78. The van der Waals surface area contributed by atoms with Crippen LogP contribution >= 0.6 is 11.6 Å². The van der Waals surface area contributed by atoms with Gasteiger partial charge in [0.2, 0.25) is 10.0 Å².